The number of ether oxygens (including phenoxy) is 1. The third-order valence-electron chi connectivity index (χ3n) is 5.32. The molecule has 1 N–H and O–H groups in total. The van der Waals surface area contributed by atoms with Crippen LogP contribution in [0, 0.1) is 0 Å². The van der Waals surface area contributed by atoms with E-state index in [0.29, 0.717) is 29.9 Å². The van der Waals surface area contributed by atoms with Gasteiger partial charge in [-0.05, 0) is 56.2 Å². The molecular weight excluding hydrogens is 450 g/mol. The quantitative estimate of drug-likeness (QED) is 0.521. The van der Waals surface area contributed by atoms with Crippen LogP contribution in [0.5, 0.6) is 0 Å². The van der Waals surface area contributed by atoms with Crippen LogP contribution >= 0.6 is 0 Å². The average molecular weight is 474 g/mol. The van der Waals surface area contributed by atoms with Crippen LogP contribution in [0.2, 0.25) is 0 Å². The zero-order valence-electron chi connectivity index (χ0n) is 17.9. The lowest BCUT2D eigenvalue weighted by Crippen LogP contribution is -2.27. The van der Waals surface area contributed by atoms with Crippen LogP contribution < -0.4 is 11.1 Å². The van der Waals surface area contributed by atoms with E-state index in [2.05, 4.69) is 5.32 Å². The molecule has 4 rings (SSSR count). The highest BCUT2D eigenvalue weighted by Gasteiger charge is 2.28. The number of anilines is 1. The van der Waals surface area contributed by atoms with Crippen molar-refractivity contribution in [2.45, 2.75) is 31.2 Å². The first kappa shape index (κ1) is 22.7. The van der Waals surface area contributed by atoms with E-state index in [4.69, 9.17) is 9.15 Å². The standard InChI is InChI=1S/C22H23N3O7S/c1-2-31-21(27)15-5-7-16(8-6-15)23-20(26)14-25-18-10-9-17(13-19(18)32-22(25)28)33(29,30)24-11-3-4-12-24/h5-10,13H,2-4,11-12,14H2,1H3,(H,23,26). The smallest absolute Gasteiger partial charge is 0.420 e. The van der Waals surface area contributed by atoms with E-state index in [0.717, 1.165) is 17.4 Å². The number of amides is 1. The Labute approximate surface area is 189 Å². The second-order valence-corrected chi connectivity index (χ2v) is 9.48. The number of benzene rings is 2. The van der Waals surface area contributed by atoms with Crippen LogP contribution in [0.3, 0.4) is 0 Å². The molecule has 0 radical (unpaired) electrons. The van der Waals surface area contributed by atoms with Crippen LogP contribution in [0.4, 0.5) is 5.69 Å². The summed E-state index contributed by atoms with van der Waals surface area (Å²) in [5, 5.41) is 2.65. The molecule has 1 aliphatic heterocycles. The van der Waals surface area contributed by atoms with Crippen molar-refractivity contribution in [1.29, 1.82) is 0 Å². The van der Waals surface area contributed by atoms with Gasteiger partial charge in [0.2, 0.25) is 15.9 Å². The van der Waals surface area contributed by atoms with Crippen molar-refractivity contribution in [3.8, 4) is 0 Å². The van der Waals surface area contributed by atoms with Crippen molar-refractivity contribution in [3.05, 3.63) is 58.6 Å². The molecule has 2 heterocycles. The molecule has 1 saturated heterocycles. The first-order valence-electron chi connectivity index (χ1n) is 10.5. The highest BCUT2D eigenvalue weighted by atomic mass is 32.2. The fraction of sp³-hybridized carbons (Fsp3) is 0.318. The Morgan fingerprint density at radius 3 is 2.45 bits per heavy atom. The van der Waals surface area contributed by atoms with Crippen LogP contribution in [0.1, 0.15) is 30.1 Å². The third kappa shape index (κ3) is 4.69. The van der Waals surface area contributed by atoms with E-state index in [1.54, 1.807) is 19.1 Å². The number of rotatable bonds is 7. The monoisotopic (exact) mass is 473 g/mol. The number of nitrogens with one attached hydrogen (secondary N) is 1. The number of sulfonamides is 1. The summed E-state index contributed by atoms with van der Waals surface area (Å²) in [5.74, 6) is -1.72. The Kier molecular flexibility index (Phi) is 6.34. The molecule has 3 aromatic rings. The number of carbonyl (C=O) groups excluding carboxylic acids is 2. The minimum absolute atomic E-state index is 0.0453. The van der Waals surface area contributed by atoms with Gasteiger partial charge >= 0.3 is 11.7 Å². The first-order chi connectivity index (χ1) is 15.8. The second kappa shape index (κ2) is 9.20. The number of hydrogen-bond acceptors (Lipinski definition) is 7. The largest absolute Gasteiger partial charge is 0.462 e. The van der Waals surface area contributed by atoms with Gasteiger partial charge in [-0.15, -0.1) is 0 Å². The van der Waals surface area contributed by atoms with Crippen molar-refractivity contribution in [3.63, 3.8) is 0 Å². The summed E-state index contributed by atoms with van der Waals surface area (Å²) in [6.45, 7) is 2.57. The summed E-state index contributed by atoms with van der Waals surface area (Å²) >= 11 is 0. The van der Waals surface area contributed by atoms with Crippen LogP contribution in [0.25, 0.3) is 11.1 Å². The van der Waals surface area contributed by atoms with E-state index in [1.807, 2.05) is 0 Å². The lowest BCUT2D eigenvalue weighted by molar-refractivity contribution is -0.116. The van der Waals surface area contributed by atoms with Gasteiger partial charge in [-0.25, -0.2) is 18.0 Å². The molecule has 0 aliphatic carbocycles. The molecule has 33 heavy (non-hydrogen) atoms. The van der Waals surface area contributed by atoms with Crippen molar-refractivity contribution >= 4 is 38.7 Å². The predicted molar refractivity (Wildman–Crippen MR) is 119 cm³/mol. The van der Waals surface area contributed by atoms with Gasteiger partial charge < -0.3 is 14.5 Å². The normalized spacial score (nSPS) is 14.5. The van der Waals surface area contributed by atoms with Crippen LogP contribution in [0.15, 0.2) is 56.6 Å². The zero-order chi connectivity index (χ0) is 23.6. The maximum absolute atomic E-state index is 12.8. The molecule has 174 valence electrons. The highest BCUT2D eigenvalue weighted by Crippen LogP contribution is 2.24. The summed E-state index contributed by atoms with van der Waals surface area (Å²) in [7, 11) is -3.66. The topological polar surface area (TPSA) is 128 Å². The molecule has 0 bridgehead atoms. The number of esters is 1. The molecule has 0 saturated carbocycles. The van der Waals surface area contributed by atoms with Gasteiger partial charge in [-0.1, -0.05) is 0 Å². The summed E-state index contributed by atoms with van der Waals surface area (Å²) in [6, 6.07) is 10.3. The first-order valence-corrected chi connectivity index (χ1v) is 11.9. The number of nitrogens with zero attached hydrogens (tertiary/aromatic N) is 2. The number of oxazole rings is 1. The summed E-state index contributed by atoms with van der Waals surface area (Å²) in [6.07, 6.45) is 1.63. The molecule has 0 unspecified atom stereocenters. The Morgan fingerprint density at radius 1 is 1.09 bits per heavy atom. The Morgan fingerprint density at radius 2 is 1.79 bits per heavy atom. The van der Waals surface area contributed by atoms with Crippen molar-refractivity contribution in [2.75, 3.05) is 25.0 Å². The Hall–Kier alpha value is -3.44. The molecule has 0 spiro atoms. The number of carbonyl (C=O) groups is 2. The van der Waals surface area contributed by atoms with Crippen molar-refractivity contribution in [1.82, 2.24) is 8.87 Å². The average Bonchev–Trinajstić information content (AvgIpc) is 3.43. The van der Waals surface area contributed by atoms with E-state index >= 15 is 0 Å². The summed E-state index contributed by atoms with van der Waals surface area (Å²) in [4.78, 5) is 36.6. The summed E-state index contributed by atoms with van der Waals surface area (Å²) in [5.41, 5.74) is 1.19. The van der Waals surface area contributed by atoms with Gasteiger partial charge in [0.05, 0.1) is 22.6 Å². The SMILES string of the molecule is CCOC(=O)c1ccc(NC(=O)Cn2c(=O)oc3cc(S(=O)(=O)N4CCCC4)ccc32)cc1. The van der Waals surface area contributed by atoms with Crippen molar-refractivity contribution < 1.29 is 27.2 Å². The zero-order valence-corrected chi connectivity index (χ0v) is 18.8. The molecule has 2 aromatic carbocycles. The molecule has 1 aliphatic rings. The third-order valence-corrected chi connectivity index (χ3v) is 7.22. The lowest BCUT2D eigenvalue weighted by Gasteiger charge is -2.15. The van der Waals surface area contributed by atoms with E-state index in [1.165, 1.54) is 34.6 Å². The molecule has 1 fully saturated rings. The van der Waals surface area contributed by atoms with Crippen LogP contribution in [-0.4, -0.2) is 48.9 Å². The van der Waals surface area contributed by atoms with E-state index in [9.17, 15) is 22.8 Å². The fourth-order valence-electron chi connectivity index (χ4n) is 3.68. The maximum Gasteiger partial charge on any atom is 0.420 e. The van der Waals surface area contributed by atoms with Crippen LogP contribution in [-0.2, 0) is 26.1 Å². The van der Waals surface area contributed by atoms with Crippen molar-refractivity contribution in [2.24, 2.45) is 0 Å². The highest BCUT2D eigenvalue weighted by molar-refractivity contribution is 7.89. The minimum Gasteiger partial charge on any atom is -0.462 e. The number of fused-ring (bicyclic) bond motifs is 1. The minimum atomic E-state index is -3.66. The molecule has 10 nitrogen and oxygen atoms in total. The predicted octanol–water partition coefficient (Wildman–Crippen LogP) is 2.19. The number of hydrogen-bond donors (Lipinski definition) is 1. The maximum atomic E-state index is 12.8. The van der Waals surface area contributed by atoms with E-state index in [-0.39, 0.29) is 23.6 Å². The lowest BCUT2D eigenvalue weighted by atomic mass is 10.2. The Balaban J connectivity index is 1.50. The van der Waals surface area contributed by atoms with Gasteiger partial charge in [0.1, 0.15) is 6.54 Å². The molecule has 1 amide bonds. The van der Waals surface area contributed by atoms with Gasteiger partial charge in [0.15, 0.2) is 5.58 Å². The van der Waals surface area contributed by atoms with Gasteiger partial charge in [0.25, 0.3) is 0 Å². The molecule has 11 heteroatoms. The van der Waals surface area contributed by atoms with Gasteiger partial charge in [0, 0.05) is 24.8 Å². The Bertz CT molecular complexity index is 1350. The fourth-order valence-corrected chi connectivity index (χ4v) is 5.22. The van der Waals surface area contributed by atoms with Gasteiger partial charge in [-0.2, -0.15) is 4.31 Å². The molecular formula is C22H23N3O7S. The van der Waals surface area contributed by atoms with E-state index < -0.39 is 27.7 Å². The van der Waals surface area contributed by atoms with Gasteiger partial charge in [-0.3, -0.25) is 9.36 Å². The molecule has 1 aromatic heterocycles. The second-order valence-electron chi connectivity index (χ2n) is 7.54. The molecule has 0 atom stereocenters. The summed E-state index contributed by atoms with van der Waals surface area (Å²) < 4.78 is 38.2. The number of aromatic nitrogens is 1.